The van der Waals surface area contributed by atoms with E-state index in [1.807, 2.05) is 0 Å². The molecule has 1 unspecified atom stereocenters. The van der Waals surface area contributed by atoms with E-state index in [2.05, 4.69) is 5.32 Å². The average Bonchev–Trinajstić information content (AvgIpc) is 2.25. The summed E-state index contributed by atoms with van der Waals surface area (Å²) in [6, 6.07) is 0. The van der Waals surface area contributed by atoms with Crippen molar-refractivity contribution in [1.82, 2.24) is 9.62 Å². The maximum absolute atomic E-state index is 11.6. The number of hydrogen-bond donors (Lipinski definition) is 2. The molecule has 0 bridgehead atoms. The zero-order chi connectivity index (χ0) is 13.1. The molecule has 8 heteroatoms. The predicted octanol–water partition coefficient (Wildman–Crippen LogP) is -1.74. The lowest BCUT2D eigenvalue weighted by Gasteiger charge is -2.29. The summed E-state index contributed by atoms with van der Waals surface area (Å²) < 4.78 is 24.0. The standard InChI is InChI=1S/C9H17N3O4S/c1-17(15,16)12-4-2-3-7(6-12)9(14)11-5-8(10)13/h7H,2-6H2,1H3,(H2,10,13)(H,11,14). The monoisotopic (exact) mass is 263 g/mol. The minimum absolute atomic E-state index is 0.170. The largest absolute Gasteiger partial charge is 0.368 e. The van der Waals surface area contributed by atoms with Gasteiger partial charge in [0.1, 0.15) is 0 Å². The van der Waals surface area contributed by atoms with E-state index >= 15 is 0 Å². The number of hydrogen-bond acceptors (Lipinski definition) is 4. The zero-order valence-electron chi connectivity index (χ0n) is 9.68. The second-order valence-electron chi connectivity index (χ2n) is 4.14. The third-order valence-electron chi connectivity index (χ3n) is 2.66. The van der Waals surface area contributed by atoms with Gasteiger partial charge in [-0.25, -0.2) is 12.7 Å². The average molecular weight is 263 g/mol. The van der Waals surface area contributed by atoms with Crippen LogP contribution in [-0.2, 0) is 19.6 Å². The smallest absolute Gasteiger partial charge is 0.236 e. The summed E-state index contributed by atoms with van der Waals surface area (Å²) in [6.45, 7) is 0.399. The van der Waals surface area contributed by atoms with Gasteiger partial charge in [0.15, 0.2) is 0 Å². The Morgan fingerprint density at radius 1 is 1.47 bits per heavy atom. The van der Waals surface area contributed by atoms with Crippen LogP contribution in [0.4, 0.5) is 0 Å². The second-order valence-corrected chi connectivity index (χ2v) is 6.13. The molecule has 1 rings (SSSR count). The Balaban J connectivity index is 2.55. The Bertz CT molecular complexity index is 406. The first-order valence-electron chi connectivity index (χ1n) is 5.32. The van der Waals surface area contributed by atoms with Gasteiger partial charge in [-0.2, -0.15) is 0 Å². The van der Waals surface area contributed by atoms with E-state index in [0.29, 0.717) is 19.4 Å². The first-order valence-corrected chi connectivity index (χ1v) is 7.16. The van der Waals surface area contributed by atoms with E-state index in [0.717, 1.165) is 6.26 Å². The first-order chi connectivity index (χ1) is 7.80. The fraction of sp³-hybridized carbons (Fsp3) is 0.778. The number of nitrogens with zero attached hydrogens (tertiary/aromatic N) is 1. The molecule has 0 spiro atoms. The number of primary amides is 1. The molecule has 2 amide bonds. The molecule has 0 aliphatic carbocycles. The lowest BCUT2D eigenvalue weighted by atomic mass is 9.99. The molecule has 1 heterocycles. The van der Waals surface area contributed by atoms with E-state index in [9.17, 15) is 18.0 Å². The molecular weight excluding hydrogens is 246 g/mol. The Kier molecular flexibility index (Phi) is 4.47. The summed E-state index contributed by atoms with van der Waals surface area (Å²) in [5.74, 6) is -1.34. The summed E-state index contributed by atoms with van der Waals surface area (Å²) >= 11 is 0. The van der Waals surface area contributed by atoms with E-state index < -0.39 is 21.8 Å². The van der Waals surface area contributed by atoms with Crippen molar-refractivity contribution >= 4 is 21.8 Å². The topological polar surface area (TPSA) is 110 Å². The van der Waals surface area contributed by atoms with Crippen molar-refractivity contribution < 1.29 is 18.0 Å². The molecule has 1 fully saturated rings. The van der Waals surface area contributed by atoms with Gasteiger partial charge in [0.25, 0.3) is 0 Å². The Morgan fingerprint density at radius 3 is 2.65 bits per heavy atom. The molecule has 3 N–H and O–H groups in total. The molecule has 98 valence electrons. The summed E-state index contributed by atoms with van der Waals surface area (Å²) in [5, 5.41) is 2.39. The number of nitrogens with one attached hydrogen (secondary N) is 1. The van der Waals surface area contributed by atoms with Crippen molar-refractivity contribution in [1.29, 1.82) is 0 Å². The van der Waals surface area contributed by atoms with Gasteiger partial charge in [0.05, 0.1) is 18.7 Å². The van der Waals surface area contributed by atoms with Gasteiger partial charge in [-0.15, -0.1) is 0 Å². The van der Waals surface area contributed by atoms with Crippen LogP contribution in [0.1, 0.15) is 12.8 Å². The molecule has 1 aliphatic heterocycles. The molecule has 1 saturated heterocycles. The van der Waals surface area contributed by atoms with Crippen molar-refractivity contribution in [2.45, 2.75) is 12.8 Å². The second kappa shape index (κ2) is 5.46. The van der Waals surface area contributed by atoms with Crippen LogP contribution >= 0.6 is 0 Å². The number of rotatable bonds is 4. The summed E-state index contributed by atoms with van der Waals surface area (Å²) in [6.07, 6.45) is 2.38. The molecule has 1 atom stereocenters. The van der Waals surface area contributed by atoms with Gasteiger partial charge in [-0.05, 0) is 12.8 Å². The molecule has 0 aromatic rings. The molecule has 0 aromatic heterocycles. The molecule has 17 heavy (non-hydrogen) atoms. The third-order valence-corrected chi connectivity index (χ3v) is 3.93. The number of piperidine rings is 1. The highest BCUT2D eigenvalue weighted by Gasteiger charge is 2.29. The van der Waals surface area contributed by atoms with Crippen LogP contribution in [-0.4, -0.2) is 50.4 Å². The Hall–Kier alpha value is -1.15. The van der Waals surface area contributed by atoms with Crippen molar-refractivity contribution in [3.8, 4) is 0 Å². The van der Waals surface area contributed by atoms with Crippen LogP contribution in [0.5, 0.6) is 0 Å². The normalized spacial score (nSPS) is 22.1. The molecule has 7 nitrogen and oxygen atoms in total. The van der Waals surface area contributed by atoms with Crippen LogP contribution in [0.15, 0.2) is 0 Å². The highest BCUT2D eigenvalue weighted by molar-refractivity contribution is 7.88. The molecular formula is C9H17N3O4S. The van der Waals surface area contributed by atoms with Gasteiger partial charge >= 0.3 is 0 Å². The number of carbonyl (C=O) groups is 2. The van der Waals surface area contributed by atoms with E-state index in [4.69, 9.17) is 5.73 Å². The van der Waals surface area contributed by atoms with Gasteiger partial charge in [-0.1, -0.05) is 0 Å². The lowest BCUT2D eigenvalue weighted by Crippen LogP contribution is -2.46. The number of nitrogens with two attached hydrogens (primary N) is 1. The van der Waals surface area contributed by atoms with Crippen molar-refractivity contribution in [2.75, 3.05) is 25.9 Å². The van der Waals surface area contributed by atoms with Crippen molar-refractivity contribution in [3.05, 3.63) is 0 Å². The van der Waals surface area contributed by atoms with E-state index in [1.165, 1.54) is 4.31 Å². The predicted molar refractivity (Wildman–Crippen MR) is 61.3 cm³/mol. The van der Waals surface area contributed by atoms with Gasteiger partial charge in [-0.3, -0.25) is 9.59 Å². The SMILES string of the molecule is CS(=O)(=O)N1CCCC(C(=O)NCC(N)=O)C1. The highest BCUT2D eigenvalue weighted by atomic mass is 32.2. The van der Waals surface area contributed by atoms with Crippen LogP contribution in [0, 0.1) is 5.92 Å². The minimum atomic E-state index is -3.26. The minimum Gasteiger partial charge on any atom is -0.368 e. The van der Waals surface area contributed by atoms with E-state index in [-0.39, 0.29) is 19.0 Å². The van der Waals surface area contributed by atoms with Gasteiger partial charge < -0.3 is 11.1 Å². The quantitative estimate of drug-likeness (QED) is 0.627. The van der Waals surface area contributed by atoms with Gasteiger partial charge in [0, 0.05) is 13.1 Å². The summed E-state index contributed by atoms with van der Waals surface area (Å²) in [4.78, 5) is 22.1. The maximum atomic E-state index is 11.6. The number of carbonyl (C=O) groups excluding carboxylic acids is 2. The molecule has 0 aromatic carbocycles. The van der Waals surface area contributed by atoms with Crippen LogP contribution in [0.2, 0.25) is 0 Å². The fourth-order valence-electron chi connectivity index (χ4n) is 1.78. The first kappa shape index (κ1) is 13.9. The maximum Gasteiger partial charge on any atom is 0.236 e. The molecule has 1 aliphatic rings. The van der Waals surface area contributed by atoms with Crippen molar-refractivity contribution in [3.63, 3.8) is 0 Å². The summed E-state index contributed by atoms with van der Waals surface area (Å²) in [7, 11) is -3.26. The van der Waals surface area contributed by atoms with Crippen LogP contribution in [0.25, 0.3) is 0 Å². The molecule has 0 saturated carbocycles. The fourth-order valence-corrected chi connectivity index (χ4v) is 2.69. The third kappa shape index (κ3) is 4.31. The molecule has 0 radical (unpaired) electrons. The lowest BCUT2D eigenvalue weighted by molar-refractivity contribution is -0.128. The van der Waals surface area contributed by atoms with Crippen LogP contribution in [0.3, 0.4) is 0 Å². The number of amides is 2. The zero-order valence-corrected chi connectivity index (χ0v) is 10.5. The Morgan fingerprint density at radius 2 is 2.12 bits per heavy atom. The van der Waals surface area contributed by atoms with Crippen molar-refractivity contribution in [2.24, 2.45) is 11.7 Å². The van der Waals surface area contributed by atoms with Gasteiger partial charge in [0.2, 0.25) is 21.8 Å². The Labute approximate surface area is 100 Å². The van der Waals surface area contributed by atoms with E-state index in [1.54, 1.807) is 0 Å². The number of sulfonamides is 1. The summed E-state index contributed by atoms with van der Waals surface area (Å²) in [5.41, 5.74) is 4.91. The highest BCUT2D eigenvalue weighted by Crippen LogP contribution is 2.18. The van der Waals surface area contributed by atoms with Crippen LogP contribution < -0.4 is 11.1 Å².